The maximum absolute atomic E-state index is 6.26. The molecule has 0 aromatic heterocycles. The first-order valence-electron chi connectivity index (χ1n) is 6.50. The lowest BCUT2D eigenvalue weighted by molar-refractivity contribution is -0.201. The van der Waals surface area contributed by atoms with Gasteiger partial charge in [0.05, 0.1) is 23.4 Å². The van der Waals surface area contributed by atoms with Gasteiger partial charge in [0.15, 0.2) is 0 Å². The Hall–Kier alpha value is -0.0800. The molecule has 0 amide bonds. The van der Waals surface area contributed by atoms with Gasteiger partial charge in [-0.1, -0.05) is 20.8 Å². The second-order valence-electron chi connectivity index (χ2n) is 8.02. The smallest absolute Gasteiger partial charge is 0.0866 e. The van der Waals surface area contributed by atoms with Crippen LogP contribution in [-0.2, 0) is 9.47 Å². The fraction of sp³-hybridized carbons (Fsp3) is 1.00. The second kappa shape index (κ2) is 4.89. The molecule has 0 aromatic rings. The van der Waals surface area contributed by atoms with E-state index < -0.39 is 0 Å². The van der Waals surface area contributed by atoms with E-state index in [0.29, 0.717) is 6.61 Å². The van der Waals surface area contributed by atoms with Crippen molar-refractivity contribution in [3.8, 4) is 0 Å². The van der Waals surface area contributed by atoms with Gasteiger partial charge in [-0.05, 0) is 53.9 Å². The van der Waals surface area contributed by atoms with E-state index in [1.54, 1.807) is 0 Å². The number of hydrogen-bond acceptors (Lipinski definition) is 2. The predicted molar refractivity (Wildman–Crippen MR) is 74.4 cm³/mol. The third kappa shape index (κ3) is 6.42. The predicted octanol–water partition coefficient (Wildman–Crippen LogP) is 4.42. The molecule has 104 valence electrons. The first kappa shape index (κ1) is 16.9. The molecule has 0 saturated heterocycles. The molecule has 0 aliphatic rings. The standard InChI is InChI=1S/C15H32O2/c1-12(2,3)15(9,10)17-14(7,8)11-16-13(4,5)6/h11H2,1-10H3. The van der Waals surface area contributed by atoms with Crippen molar-refractivity contribution < 1.29 is 9.47 Å². The minimum Gasteiger partial charge on any atom is -0.373 e. The average Bonchev–Trinajstić information content (AvgIpc) is 1.95. The van der Waals surface area contributed by atoms with Crippen LogP contribution < -0.4 is 0 Å². The largest absolute Gasteiger partial charge is 0.373 e. The fourth-order valence-electron chi connectivity index (χ4n) is 1.26. The maximum Gasteiger partial charge on any atom is 0.0866 e. The van der Waals surface area contributed by atoms with Crippen LogP contribution >= 0.6 is 0 Å². The molecule has 2 heteroatoms. The summed E-state index contributed by atoms with van der Waals surface area (Å²) in [4.78, 5) is 0. The van der Waals surface area contributed by atoms with Gasteiger partial charge in [0.1, 0.15) is 0 Å². The van der Waals surface area contributed by atoms with Crippen LogP contribution in [0.3, 0.4) is 0 Å². The molecular weight excluding hydrogens is 212 g/mol. The molecule has 0 radical (unpaired) electrons. The Kier molecular flexibility index (Phi) is 4.87. The zero-order valence-corrected chi connectivity index (χ0v) is 13.5. The first-order chi connectivity index (χ1) is 7.16. The summed E-state index contributed by atoms with van der Waals surface area (Å²) in [7, 11) is 0. The Morgan fingerprint density at radius 1 is 0.706 bits per heavy atom. The average molecular weight is 244 g/mol. The highest BCUT2D eigenvalue weighted by molar-refractivity contribution is 4.87. The van der Waals surface area contributed by atoms with Gasteiger partial charge in [-0.25, -0.2) is 0 Å². The molecule has 0 heterocycles. The lowest BCUT2D eigenvalue weighted by Crippen LogP contribution is -2.48. The summed E-state index contributed by atoms with van der Waals surface area (Å²) in [5, 5.41) is 0. The van der Waals surface area contributed by atoms with Gasteiger partial charge in [0.25, 0.3) is 0 Å². The Labute approximate surface area is 108 Å². The third-order valence-corrected chi connectivity index (χ3v) is 3.19. The van der Waals surface area contributed by atoms with Crippen LogP contribution in [0.5, 0.6) is 0 Å². The van der Waals surface area contributed by atoms with Crippen LogP contribution in [0, 0.1) is 5.41 Å². The van der Waals surface area contributed by atoms with E-state index in [1.165, 1.54) is 0 Å². The number of hydrogen-bond donors (Lipinski definition) is 0. The van der Waals surface area contributed by atoms with E-state index in [0.717, 1.165) is 0 Å². The molecule has 2 nitrogen and oxygen atoms in total. The van der Waals surface area contributed by atoms with Crippen LogP contribution in [0.4, 0.5) is 0 Å². The van der Waals surface area contributed by atoms with Crippen molar-refractivity contribution in [3.63, 3.8) is 0 Å². The lowest BCUT2D eigenvalue weighted by atomic mass is 9.78. The van der Waals surface area contributed by atoms with Gasteiger partial charge in [-0.3, -0.25) is 0 Å². The SMILES string of the molecule is CC(C)(C)OCC(C)(C)OC(C)(C)C(C)(C)C. The Bertz CT molecular complexity index is 239. The van der Waals surface area contributed by atoms with Gasteiger partial charge in [0, 0.05) is 0 Å². The van der Waals surface area contributed by atoms with Gasteiger partial charge < -0.3 is 9.47 Å². The molecule has 0 spiro atoms. The van der Waals surface area contributed by atoms with E-state index in [2.05, 4.69) is 69.2 Å². The van der Waals surface area contributed by atoms with Gasteiger partial charge >= 0.3 is 0 Å². The molecule has 17 heavy (non-hydrogen) atoms. The molecule has 0 saturated carbocycles. The molecule has 0 aliphatic carbocycles. The normalized spacial score (nSPS) is 15.2. The van der Waals surface area contributed by atoms with Crippen molar-refractivity contribution >= 4 is 0 Å². The van der Waals surface area contributed by atoms with Crippen LogP contribution in [-0.4, -0.2) is 23.4 Å². The van der Waals surface area contributed by atoms with Crippen molar-refractivity contribution in [2.75, 3.05) is 6.61 Å². The Morgan fingerprint density at radius 2 is 1.12 bits per heavy atom. The molecule has 0 fully saturated rings. The summed E-state index contributed by atoms with van der Waals surface area (Å²) in [5.41, 5.74) is -0.472. The minimum absolute atomic E-state index is 0.103. The van der Waals surface area contributed by atoms with Crippen molar-refractivity contribution in [2.45, 2.75) is 86.0 Å². The third-order valence-electron chi connectivity index (χ3n) is 3.19. The fourth-order valence-corrected chi connectivity index (χ4v) is 1.26. The zero-order chi connectivity index (χ0) is 14.1. The van der Waals surface area contributed by atoms with E-state index in [9.17, 15) is 0 Å². The maximum atomic E-state index is 6.26. The van der Waals surface area contributed by atoms with Crippen LogP contribution in [0.1, 0.15) is 69.2 Å². The topological polar surface area (TPSA) is 18.5 Å². The van der Waals surface area contributed by atoms with Crippen molar-refractivity contribution in [1.29, 1.82) is 0 Å². The Balaban J connectivity index is 4.55. The summed E-state index contributed by atoms with van der Waals surface area (Å²) in [6.07, 6.45) is 0. The van der Waals surface area contributed by atoms with E-state index in [1.807, 2.05) is 0 Å². The number of rotatable bonds is 4. The van der Waals surface area contributed by atoms with E-state index in [4.69, 9.17) is 9.47 Å². The van der Waals surface area contributed by atoms with Gasteiger partial charge in [-0.2, -0.15) is 0 Å². The molecule has 0 rings (SSSR count). The minimum atomic E-state index is -0.274. The van der Waals surface area contributed by atoms with Crippen LogP contribution in [0.2, 0.25) is 0 Å². The molecule has 0 aromatic carbocycles. The monoisotopic (exact) mass is 244 g/mol. The van der Waals surface area contributed by atoms with Crippen molar-refractivity contribution in [2.24, 2.45) is 5.41 Å². The summed E-state index contributed by atoms with van der Waals surface area (Å²) < 4.78 is 12.1. The van der Waals surface area contributed by atoms with Crippen LogP contribution in [0.25, 0.3) is 0 Å². The van der Waals surface area contributed by atoms with Gasteiger partial charge in [-0.15, -0.1) is 0 Å². The molecule has 0 atom stereocenters. The zero-order valence-electron chi connectivity index (χ0n) is 13.5. The summed E-state index contributed by atoms with van der Waals surface area (Å²) >= 11 is 0. The van der Waals surface area contributed by atoms with Crippen LogP contribution in [0.15, 0.2) is 0 Å². The molecule has 0 N–H and O–H groups in total. The quantitative estimate of drug-likeness (QED) is 0.728. The highest BCUT2D eigenvalue weighted by atomic mass is 16.6. The van der Waals surface area contributed by atoms with Crippen molar-refractivity contribution in [1.82, 2.24) is 0 Å². The summed E-state index contributed by atoms with van der Waals surface area (Å²) in [6.45, 7) is 21.9. The first-order valence-corrected chi connectivity index (χ1v) is 6.50. The molecule has 0 unspecified atom stereocenters. The van der Waals surface area contributed by atoms with Crippen molar-refractivity contribution in [3.05, 3.63) is 0 Å². The van der Waals surface area contributed by atoms with E-state index >= 15 is 0 Å². The highest BCUT2D eigenvalue weighted by Gasteiger charge is 2.39. The summed E-state index contributed by atoms with van der Waals surface area (Å²) in [6, 6.07) is 0. The highest BCUT2D eigenvalue weighted by Crippen LogP contribution is 2.36. The van der Waals surface area contributed by atoms with Gasteiger partial charge in [0.2, 0.25) is 0 Å². The second-order valence-corrected chi connectivity index (χ2v) is 8.02. The number of ether oxygens (including phenoxy) is 2. The summed E-state index contributed by atoms with van der Waals surface area (Å²) in [5.74, 6) is 0. The molecule has 0 bridgehead atoms. The lowest BCUT2D eigenvalue weighted by Gasteiger charge is -2.44. The molecular formula is C15H32O2. The Morgan fingerprint density at radius 3 is 1.41 bits per heavy atom. The van der Waals surface area contributed by atoms with E-state index in [-0.39, 0.29) is 22.2 Å². The molecule has 0 aliphatic heterocycles.